The first-order chi connectivity index (χ1) is 5.92. The molecule has 2 heteroatoms. The summed E-state index contributed by atoms with van der Waals surface area (Å²) in [5, 5.41) is 0. The Morgan fingerprint density at radius 1 is 1.25 bits per heavy atom. The second kappa shape index (κ2) is 3.56. The van der Waals surface area contributed by atoms with E-state index < -0.39 is 0 Å². The molecule has 62 valence electrons. The predicted octanol–water partition coefficient (Wildman–Crippen LogP) is 3.36. The second-order valence-electron chi connectivity index (χ2n) is 3.08. The standard InChI is InChI=1S/C10H10IN/c11-12-10-7-6-9(10)8-4-2-1-3-5-8/h1-5,9H,6-7H2. The summed E-state index contributed by atoms with van der Waals surface area (Å²) in [6.45, 7) is 0. The lowest BCUT2D eigenvalue weighted by molar-refractivity contribution is 0.696. The molecule has 1 nitrogen and oxygen atoms in total. The number of benzene rings is 1. The van der Waals surface area contributed by atoms with Crippen molar-refractivity contribution in [1.82, 2.24) is 0 Å². The van der Waals surface area contributed by atoms with Crippen molar-refractivity contribution in [3.8, 4) is 0 Å². The zero-order chi connectivity index (χ0) is 8.39. The minimum atomic E-state index is 0.614. The van der Waals surface area contributed by atoms with Crippen LogP contribution in [0.4, 0.5) is 0 Å². The highest BCUT2D eigenvalue weighted by molar-refractivity contribution is 14.1. The molecule has 0 aliphatic heterocycles. The van der Waals surface area contributed by atoms with Crippen LogP contribution in [0.25, 0.3) is 0 Å². The normalized spacial score (nSPS) is 25.4. The van der Waals surface area contributed by atoms with Gasteiger partial charge < -0.3 is 0 Å². The molecular weight excluding hydrogens is 261 g/mol. The van der Waals surface area contributed by atoms with E-state index in [1.54, 1.807) is 0 Å². The van der Waals surface area contributed by atoms with Gasteiger partial charge in [-0.05, 0) is 18.4 Å². The van der Waals surface area contributed by atoms with Gasteiger partial charge in [0.05, 0.1) is 22.9 Å². The fourth-order valence-corrected chi connectivity index (χ4v) is 2.14. The monoisotopic (exact) mass is 271 g/mol. The molecule has 0 radical (unpaired) electrons. The summed E-state index contributed by atoms with van der Waals surface area (Å²) in [6.07, 6.45) is 2.45. The number of rotatable bonds is 1. The first-order valence-electron chi connectivity index (χ1n) is 4.14. The lowest BCUT2D eigenvalue weighted by atomic mass is 9.78. The number of hydrogen-bond donors (Lipinski definition) is 0. The van der Waals surface area contributed by atoms with Crippen molar-refractivity contribution in [3.05, 3.63) is 35.9 Å². The lowest BCUT2D eigenvalue weighted by Crippen LogP contribution is -2.22. The van der Waals surface area contributed by atoms with Gasteiger partial charge in [-0.3, -0.25) is 0 Å². The molecule has 0 spiro atoms. The summed E-state index contributed by atoms with van der Waals surface area (Å²) < 4.78 is 4.24. The minimum Gasteiger partial charge on any atom is -0.224 e. The Labute approximate surface area is 86.4 Å². The molecule has 1 aromatic carbocycles. The Hall–Kier alpha value is -0.380. The smallest absolute Gasteiger partial charge is 0.0830 e. The van der Waals surface area contributed by atoms with Gasteiger partial charge in [-0.1, -0.05) is 30.3 Å². The fourth-order valence-electron chi connectivity index (χ4n) is 1.56. The summed E-state index contributed by atoms with van der Waals surface area (Å²) >= 11 is 2.09. The topological polar surface area (TPSA) is 12.4 Å². The molecule has 0 amide bonds. The molecule has 0 saturated heterocycles. The third-order valence-electron chi connectivity index (χ3n) is 2.40. The van der Waals surface area contributed by atoms with E-state index in [9.17, 15) is 0 Å². The van der Waals surface area contributed by atoms with Crippen molar-refractivity contribution >= 4 is 28.6 Å². The quantitative estimate of drug-likeness (QED) is 0.694. The summed E-state index contributed by atoms with van der Waals surface area (Å²) in [5.41, 5.74) is 2.76. The molecule has 0 aromatic heterocycles. The average Bonchev–Trinajstić information content (AvgIpc) is 2.05. The SMILES string of the molecule is IN=C1CCC1c1ccccc1. The highest BCUT2D eigenvalue weighted by Crippen LogP contribution is 2.34. The molecule has 2 rings (SSSR count). The molecule has 12 heavy (non-hydrogen) atoms. The van der Waals surface area contributed by atoms with Crippen LogP contribution in [0.5, 0.6) is 0 Å². The highest BCUT2D eigenvalue weighted by atomic mass is 127. The van der Waals surface area contributed by atoms with E-state index in [4.69, 9.17) is 0 Å². The first-order valence-corrected chi connectivity index (χ1v) is 5.11. The zero-order valence-electron chi connectivity index (χ0n) is 6.70. The molecule has 0 heterocycles. The highest BCUT2D eigenvalue weighted by Gasteiger charge is 2.26. The van der Waals surface area contributed by atoms with E-state index in [0.717, 1.165) is 0 Å². The van der Waals surface area contributed by atoms with E-state index >= 15 is 0 Å². The minimum absolute atomic E-state index is 0.614. The summed E-state index contributed by atoms with van der Waals surface area (Å²) in [4.78, 5) is 0. The zero-order valence-corrected chi connectivity index (χ0v) is 8.86. The van der Waals surface area contributed by atoms with Crippen molar-refractivity contribution in [2.24, 2.45) is 3.21 Å². The van der Waals surface area contributed by atoms with E-state index in [0.29, 0.717) is 5.92 Å². The Bertz CT molecular complexity index is 292. The Balaban J connectivity index is 2.22. The van der Waals surface area contributed by atoms with E-state index in [1.807, 2.05) is 0 Å². The van der Waals surface area contributed by atoms with Crippen molar-refractivity contribution in [1.29, 1.82) is 0 Å². The summed E-state index contributed by atoms with van der Waals surface area (Å²) in [5.74, 6) is 0.614. The summed E-state index contributed by atoms with van der Waals surface area (Å²) in [7, 11) is 0. The van der Waals surface area contributed by atoms with Crippen LogP contribution < -0.4 is 0 Å². The van der Waals surface area contributed by atoms with Crippen LogP contribution in [-0.2, 0) is 0 Å². The Kier molecular flexibility index (Phi) is 2.44. The van der Waals surface area contributed by atoms with Crippen LogP contribution in [0.1, 0.15) is 24.3 Å². The predicted molar refractivity (Wildman–Crippen MR) is 59.9 cm³/mol. The lowest BCUT2D eigenvalue weighted by Gasteiger charge is -2.27. The molecule has 1 unspecified atom stereocenters. The number of hydrogen-bond acceptors (Lipinski definition) is 1. The molecule has 1 atom stereocenters. The molecule has 0 bridgehead atoms. The van der Waals surface area contributed by atoms with Gasteiger partial charge in [-0.2, -0.15) is 0 Å². The molecule has 1 fully saturated rings. The number of nitrogens with zero attached hydrogens (tertiary/aromatic N) is 1. The maximum atomic E-state index is 4.24. The van der Waals surface area contributed by atoms with Gasteiger partial charge in [0.2, 0.25) is 0 Å². The third-order valence-corrected chi connectivity index (χ3v) is 3.02. The molecule has 1 aliphatic rings. The summed E-state index contributed by atoms with van der Waals surface area (Å²) in [6, 6.07) is 10.6. The van der Waals surface area contributed by atoms with Crippen LogP contribution in [0.3, 0.4) is 0 Å². The van der Waals surface area contributed by atoms with Crippen LogP contribution in [0.15, 0.2) is 33.5 Å². The Morgan fingerprint density at radius 3 is 2.50 bits per heavy atom. The van der Waals surface area contributed by atoms with Crippen LogP contribution in [0, 0.1) is 0 Å². The van der Waals surface area contributed by atoms with Gasteiger partial charge in [-0.15, -0.1) is 0 Å². The van der Waals surface area contributed by atoms with Gasteiger partial charge >= 0.3 is 0 Å². The largest absolute Gasteiger partial charge is 0.224 e. The third kappa shape index (κ3) is 1.40. The molecule has 1 saturated carbocycles. The van der Waals surface area contributed by atoms with Gasteiger partial charge in [0.1, 0.15) is 0 Å². The molecule has 0 N–H and O–H groups in total. The van der Waals surface area contributed by atoms with Crippen molar-refractivity contribution < 1.29 is 0 Å². The van der Waals surface area contributed by atoms with Crippen molar-refractivity contribution in [2.45, 2.75) is 18.8 Å². The van der Waals surface area contributed by atoms with E-state index in [2.05, 4.69) is 56.4 Å². The van der Waals surface area contributed by atoms with Gasteiger partial charge in [0, 0.05) is 11.6 Å². The maximum absolute atomic E-state index is 4.24. The average molecular weight is 271 g/mol. The van der Waals surface area contributed by atoms with Crippen molar-refractivity contribution in [3.63, 3.8) is 0 Å². The molecule has 1 aliphatic carbocycles. The molecule has 1 aromatic rings. The van der Waals surface area contributed by atoms with E-state index in [-0.39, 0.29) is 0 Å². The van der Waals surface area contributed by atoms with Crippen LogP contribution >= 0.6 is 22.9 Å². The van der Waals surface area contributed by atoms with Crippen molar-refractivity contribution in [2.75, 3.05) is 0 Å². The van der Waals surface area contributed by atoms with E-state index in [1.165, 1.54) is 24.1 Å². The van der Waals surface area contributed by atoms with Gasteiger partial charge in [0.15, 0.2) is 0 Å². The maximum Gasteiger partial charge on any atom is 0.0830 e. The van der Waals surface area contributed by atoms with Gasteiger partial charge in [-0.25, -0.2) is 3.21 Å². The first kappa shape index (κ1) is 8.23. The Morgan fingerprint density at radius 2 is 2.00 bits per heavy atom. The van der Waals surface area contributed by atoms with Crippen LogP contribution in [-0.4, -0.2) is 5.71 Å². The fraction of sp³-hybridized carbons (Fsp3) is 0.300. The van der Waals surface area contributed by atoms with Gasteiger partial charge in [0.25, 0.3) is 0 Å². The number of halogens is 1. The second-order valence-corrected chi connectivity index (χ2v) is 3.56. The molecular formula is C10H10IN. The van der Waals surface area contributed by atoms with Crippen LogP contribution in [0.2, 0.25) is 0 Å².